The first-order chi connectivity index (χ1) is 14.3. The summed E-state index contributed by atoms with van der Waals surface area (Å²) in [5.74, 6) is 0.294. The summed E-state index contributed by atoms with van der Waals surface area (Å²) < 4.78 is 43.9. The Morgan fingerprint density at radius 2 is 1.77 bits per heavy atom. The van der Waals surface area contributed by atoms with Crippen LogP contribution >= 0.6 is 11.6 Å². The van der Waals surface area contributed by atoms with Crippen LogP contribution in [-0.2, 0) is 6.18 Å². The van der Waals surface area contributed by atoms with Crippen molar-refractivity contribution >= 4 is 17.5 Å². The Morgan fingerprint density at radius 1 is 1.07 bits per heavy atom. The van der Waals surface area contributed by atoms with Gasteiger partial charge < -0.3 is 9.32 Å². The van der Waals surface area contributed by atoms with E-state index >= 15 is 0 Å². The number of amides is 1. The van der Waals surface area contributed by atoms with Crippen molar-refractivity contribution in [2.45, 2.75) is 24.9 Å². The first-order valence-corrected chi connectivity index (χ1v) is 9.75. The zero-order valence-corrected chi connectivity index (χ0v) is 16.5. The molecule has 0 N–H and O–H groups in total. The normalized spacial score (nSPS) is 17.2. The van der Waals surface area contributed by atoms with E-state index in [-0.39, 0.29) is 17.7 Å². The zero-order chi connectivity index (χ0) is 21.3. The van der Waals surface area contributed by atoms with Gasteiger partial charge in [-0.15, -0.1) is 10.2 Å². The van der Waals surface area contributed by atoms with Crippen molar-refractivity contribution < 1.29 is 22.4 Å². The van der Waals surface area contributed by atoms with Gasteiger partial charge in [0.2, 0.25) is 11.8 Å². The van der Waals surface area contributed by atoms with Crippen molar-refractivity contribution in [2.75, 3.05) is 13.1 Å². The van der Waals surface area contributed by atoms with Crippen LogP contribution in [0.2, 0.25) is 5.02 Å². The molecule has 1 saturated heterocycles. The predicted molar refractivity (Wildman–Crippen MR) is 104 cm³/mol. The molecule has 0 bridgehead atoms. The Bertz CT molecular complexity index is 1030. The Kier molecular flexibility index (Phi) is 5.51. The highest BCUT2D eigenvalue weighted by atomic mass is 35.5. The summed E-state index contributed by atoms with van der Waals surface area (Å²) in [4.78, 5) is 14.5. The van der Waals surface area contributed by atoms with Gasteiger partial charge in [0.15, 0.2) is 0 Å². The largest absolute Gasteiger partial charge is 0.420 e. The van der Waals surface area contributed by atoms with E-state index < -0.39 is 11.7 Å². The van der Waals surface area contributed by atoms with E-state index in [2.05, 4.69) is 10.2 Å². The number of carbonyl (C=O) groups is 1. The van der Waals surface area contributed by atoms with Crippen molar-refractivity contribution in [2.24, 2.45) is 0 Å². The Hall–Kier alpha value is -2.87. The average Bonchev–Trinajstić information content (AvgIpc) is 3.24. The SMILES string of the molecule is O=C(c1ccc(Cl)cc1)N1CCCC(c2nnc(-c3ccc(C(F)(F)F)cc3)o2)C1. The fourth-order valence-electron chi connectivity index (χ4n) is 3.46. The number of hydrogen-bond acceptors (Lipinski definition) is 4. The molecule has 1 aromatic heterocycles. The second-order valence-electron chi connectivity index (χ2n) is 7.12. The van der Waals surface area contributed by atoms with Crippen LogP contribution in [0.15, 0.2) is 52.9 Å². The maximum absolute atomic E-state index is 12.8. The molecule has 0 saturated carbocycles. The van der Waals surface area contributed by atoms with Gasteiger partial charge in [0.05, 0.1) is 11.5 Å². The van der Waals surface area contributed by atoms with E-state index in [9.17, 15) is 18.0 Å². The fraction of sp³-hybridized carbons (Fsp3) is 0.286. The minimum absolute atomic E-state index is 0.0983. The lowest BCUT2D eigenvalue weighted by molar-refractivity contribution is -0.137. The summed E-state index contributed by atoms with van der Waals surface area (Å²) in [5, 5.41) is 8.61. The summed E-state index contributed by atoms with van der Waals surface area (Å²) in [5.41, 5.74) is 0.220. The second-order valence-corrected chi connectivity index (χ2v) is 7.55. The number of carbonyl (C=O) groups excluding carboxylic acids is 1. The van der Waals surface area contributed by atoms with Gasteiger partial charge in [0.25, 0.3) is 5.91 Å². The number of hydrogen-bond donors (Lipinski definition) is 0. The highest BCUT2D eigenvalue weighted by Gasteiger charge is 2.31. The number of nitrogens with zero attached hydrogens (tertiary/aromatic N) is 3. The maximum Gasteiger partial charge on any atom is 0.416 e. The summed E-state index contributed by atoms with van der Waals surface area (Å²) in [7, 11) is 0. The van der Waals surface area contributed by atoms with Crippen molar-refractivity contribution in [1.29, 1.82) is 0 Å². The maximum atomic E-state index is 12.8. The molecule has 1 aliphatic heterocycles. The molecule has 0 radical (unpaired) electrons. The lowest BCUT2D eigenvalue weighted by Crippen LogP contribution is -2.39. The minimum atomic E-state index is -4.40. The molecule has 2 heterocycles. The van der Waals surface area contributed by atoms with Crippen molar-refractivity contribution in [3.05, 3.63) is 70.6 Å². The highest BCUT2D eigenvalue weighted by molar-refractivity contribution is 6.30. The van der Waals surface area contributed by atoms with Crippen LogP contribution in [0.5, 0.6) is 0 Å². The Labute approximate surface area is 175 Å². The monoisotopic (exact) mass is 435 g/mol. The first-order valence-electron chi connectivity index (χ1n) is 9.37. The first kappa shape index (κ1) is 20.4. The summed E-state index contributed by atoms with van der Waals surface area (Å²) >= 11 is 5.88. The number of aromatic nitrogens is 2. The number of alkyl halides is 3. The van der Waals surface area contributed by atoms with Crippen molar-refractivity contribution in [3.63, 3.8) is 0 Å². The Balaban J connectivity index is 1.48. The molecule has 1 atom stereocenters. The standard InChI is InChI=1S/C21H17ClF3N3O2/c22-17-9-5-14(6-10-17)20(29)28-11-1-2-15(12-28)19-27-26-18(30-19)13-3-7-16(8-4-13)21(23,24)25/h3-10,15H,1-2,11-12H2. The third kappa shape index (κ3) is 4.33. The van der Waals surface area contributed by atoms with Crippen LogP contribution in [-0.4, -0.2) is 34.1 Å². The van der Waals surface area contributed by atoms with E-state index in [1.165, 1.54) is 12.1 Å². The van der Waals surface area contributed by atoms with Crippen molar-refractivity contribution in [1.82, 2.24) is 15.1 Å². The number of halogens is 4. The van der Waals surface area contributed by atoms with Crippen LogP contribution < -0.4 is 0 Å². The van der Waals surface area contributed by atoms with Crippen LogP contribution in [0.1, 0.15) is 40.6 Å². The smallest absolute Gasteiger partial charge is 0.416 e. The van der Waals surface area contributed by atoms with Crippen LogP contribution in [0.4, 0.5) is 13.2 Å². The third-order valence-corrected chi connectivity index (χ3v) is 5.30. The van der Waals surface area contributed by atoms with Gasteiger partial charge in [-0.3, -0.25) is 4.79 Å². The number of likely N-dealkylation sites (tertiary alicyclic amines) is 1. The molecule has 0 spiro atoms. The topological polar surface area (TPSA) is 59.2 Å². The molecule has 1 fully saturated rings. The minimum Gasteiger partial charge on any atom is -0.420 e. The second kappa shape index (κ2) is 8.10. The number of benzene rings is 2. The predicted octanol–water partition coefficient (Wildman–Crippen LogP) is 5.43. The third-order valence-electron chi connectivity index (χ3n) is 5.05. The van der Waals surface area contributed by atoms with E-state index in [0.29, 0.717) is 35.1 Å². The van der Waals surface area contributed by atoms with Gasteiger partial charge in [-0.1, -0.05) is 11.6 Å². The average molecular weight is 436 g/mol. The summed E-state index contributed by atoms with van der Waals surface area (Å²) in [6.07, 6.45) is -2.85. The molecule has 1 aliphatic rings. The molecule has 30 heavy (non-hydrogen) atoms. The molecule has 0 aliphatic carbocycles. The van der Waals surface area contributed by atoms with Gasteiger partial charge >= 0.3 is 6.18 Å². The van der Waals surface area contributed by atoms with Gasteiger partial charge in [-0.25, -0.2) is 0 Å². The molecule has 4 rings (SSSR count). The van der Waals surface area contributed by atoms with Crippen molar-refractivity contribution in [3.8, 4) is 11.5 Å². The molecule has 156 valence electrons. The van der Waals surface area contributed by atoms with Crippen LogP contribution in [0.3, 0.4) is 0 Å². The molecule has 1 unspecified atom stereocenters. The molecular weight excluding hydrogens is 419 g/mol. The number of piperidine rings is 1. The molecule has 9 heteroatoms. The quantitative estimate of drug-likeness (QED) is 0.550. The molecule has 5 nitrogen and oxygen atoms in total. The van der Waals surface area contributed by atoms with E-state index in [1.807, 2.05) is 0 Å². The molecule has 1 amide bonds. The van der Waals surface area contributed by atoms with E-state index in [1.54, 1.807) is 29.2 Å². The van der Waals surface area contributed by atoms with E-state index in [4.69, 9.17) is 16.0 Å². The van der Waals surface area contributed by atoms with E-state index in [0.717, 1.165) is 25.0 Å². The van der Waals surface area contributed by atoms with Crippen LogP contribution in [0.25, 0.3) is 11.5 Å². The lowest BCUT2D eigenvalue weighted by atomic mass is 9.97. The molecule has 2 aromatic carbocycles. The Morgan fingerprint density at radius 3 is 2.43 bits per heavy atom. The van der Waals surface area contributed by atoms with Gasteiger partial charge in [0, 0.05) is 29.2 Å². The molecule has 3 aromatic rings. The summed E-state index contributed by atoms with van der Waals surface area (Å²) in [6.45, 7) is 1.05. The van der Waals surface area contributed by atoms with Gasteiger partial charge in [0.1, 0.15) is 0 Å². The van der Waals surface area contributed by atoms with Gasteiger partial charge in [-0.2, -0.15) is 13.2 Å². The zero-order valence-electron chi connectivity index (χ0n) is 15.7. The lowest BCUT2D eigenvalue weighted by Gasteiger charge is -2.31. The fourth-order valence-corrected chi connectivity index (χ4v) is 3.58. The number of rotatable bonds is 3. The molecular formula is C21H17ClF3N3O2. The van der Waals surface area contributed by atoms with Crippen LogP contribution in [0, 0.1) is 0 Å². The highest BCUT2D eigenvalue weighted by Crippen LogP contribution is 2.32. The van der Waals surface area contributed by atoms with Gasteiger partial charge in [-0.05, 0) is 61.4 Å². The summed E-state index contributed by atoms with van der Waals surface area (Å²) in [6, 6.07) is 11.3.